The first kappa shape index (κ1) is 11.2. The van der Waals surface area contributed by atoms with Gasteiger partial charge in [0, 0.05) is 0 Å². The Bertz CT molecular complexity index is 413. The van der Waals surface area contributed by atoms with E-state index < -0.39 is 0 Å². The maximum Gasteiger partial charge on any atom is 0.213 e. The highest BCUT2D eigenvalue weighted by atomic mass is 32.2. The zero-order valence-electron chi connectivity index (χ0n) is 8.97. The van der Waals surface area contributed by atoms with E-state index in [-0.39, 0.29) is 0 Å². The third-order valence-electron chi connectivity index (χ3n) is 1.99. The number of aromatic nitrogens is 2. The maximum atomic E-state index is 5.60. The summed E-state index contributed by atoms with van der Waals surface area (Å²) < 4.78 is 10.2. The van der Waals surface area contributed by atoms with Crippen molar-refractivity contribution in [2.45, 2.75) is 18.8 Å². The Balaban J connectivity index is 1.76. The number of hydrogen-bond acceptors (Lipinski definition) is 6. The minimum Gasteiger partial charge on any atom is -0.464 e. The van der Waals surface area contributed by atoms with Crippen molar-refractivity contribution in [3.05, 3.63) is 35.9 Å². The Morgan fingerprint density at radius 1 is 1.31 bits per heavy atom. The number of nitrogens with one attached hydrogen (secondary N) is 1. The van der Waals surface area contributed by atoms with Gasteiger partial charge in [0.05, 0.1) is 18.8 Å². The largest absolute Gasteiger partial charge is 0.464 e. The van der Waals surface area contributed by atoms with E-state index >= 15 is 0 Å². The topological polar surface area (TPSA) is 64.1 Å². The van der Waals surface area contributed by atoms with Crippen molar-refractivity contribution in [1.29, 1.82) is 0 Å². The first-order valence-electron chi connectivity index (χ1n) is 4.91. The molecule has 0 unspecified atom stereocenters. The normalized spacial score (nSPS) is 10.8. The van der Waals surface area contributed by atoms with E-state index in [1.807, 2.05) is 12.1 Å². The second-order valence-corrected chi connectivity index (χ2v) is 4.12. The van der Waals surface area contributed by atoms with Crippen LogP contribution in [0.3, 0.4) is 0 Å². The zero-order chi connectivity index (χ0) is 11.2. The summed E-state index contributed by atoms with van der Waals surface area (Å²) in [5.41, 5.74) is 0. The molecule has 0 aromatic carbocycles. The molecule has 0 amide bonds. The summed E-state index contributed by atoms with van der Waals surface area (Å²) in [5, 5.41) is 6.87. The van der Waals surface area contributed by atoms with Crippen LogP contribution >= 0.6 is 11.8 Å². The zero-order valence-corrected chi connectivity index (χ0v) is 9.79. The molecule has 0 saturated carbocycles. The van der Waals surface area contributed by atoms with Crippen molar-refractivity contribution >= 4 is 11.8 Å². The molecule has 2 aromatic rings. The molecule has 2 rings (SSSR count). The van der Waals surface area contributed by atoms with Crippen molar-refractivity contribution < 1.29 is 8.94 Å². The molecule has 1 N–H and O–H groups in total. The Morgan fingerprint density at radius 3 is 2.94 bits per heavy atom. The quantitative estimate of drug-likeness (QED) is 0.829. The van der Waals surface area contributed by atoms with Gasteiger partial charge in [-0.2, -0.15) is 16.7 Å². The lowest BCUT2D eigenvalue weighted by molar-refractivity contribution is 0.404. The van der Waals surface area contributed by atoms with Crippen LogP contribution in [-0.2, 0) is 18.8 Å². The van der Waals surface area contributed by atoms with Gasteiger partial charge in [0.1, 0.15) is 11.5 Å². The number of nitrogens with zero attached hydrogens (tertiary/aromatic N) is 2. The molecule has 0 aliphatic carbocycles. The van der Waals surface area contributed by atoms with Gasteiger partial charge >= 0.3 is 0 Å². The fraction of sp³-hybridized carbons (Fsp3) is 0.400. The van der Waals surface area contributed by atoms with E-state index in [2.05, 4.69) is 26.2 Å². The van der Waals surface area contributed by atoms with Gasteiger partial charge in [-0.1, -0.05) is 5.16 Å². The molecule has 0 fully saturated rings. The molecule has 2 aromatic heterocycles. The van der Waals surface area contributed by atoms with E-state index in [1.54, 1.807) is 11.8 Å². The van der Waals surface area contributed by atoms with Crippen molar-refractivity contribution in [2.75, 3.05) is 6.26 Å². The van der Waals surface area contributed by atoms with Gasteiger partial charge in [0.2, 0.25) is 6.39 Å². The molecule has 0 spiro atoms. The molecule has 0 bridgehead atoms. The smallest absolute Gasteiger partial charge is 0.213 e. The lowest BCUT2D eigenvalue weighted by Gasteiger charge is -1.98. The molecule has 0 atom stereocenters. The first-order valence-corrected chi connectivity index (χ1v) is 6.30. The third-order valence-corrected chi connectivity index (χ3v) is 2.57. The van der Waals surface area contributed by atoms with Crippen LogP contribution in [0.25, 0.3) is 0 Å². The van der Waals surface area contributed by atoms with Crippen molar-refractivity contribution in [3.8, 4) is 0 Å². The summed E-state index contributed by atoms with van der Waals surface area (Å²) in [4.78, 5) is 3.91. The van der Waals surface area contributed by atoms with Crippen molar-refractivity contribution in [1.82, 2.24) is 15.5 Å². The molecule has 6 heteroatoms. The molecule has 0 aliphatic heterocycles. The molecule has 0 radical (unpaired) electrons. The van der Waals surface area contributed by atoms with Crippen LogP contribution in [0.2, 0.25) is 0 Å². The standard InChI is InChI=1S/C10H13N3O2S/c1-16-6-9-3-2-8(15-9)4-11-5-10-12-7-14-13-10/h2-3,7,11H,4-6H2,1H3. The second-order valence-electron chi connectivity index (χ2n) is 3.25. The highest BCUT2D eigenvalue weighted by molar-refractivity contribution is 7.97. The summed E-state index contributed by atoms with van der Waals surface area (Å²) in [7, 11) is 0. The predicted octanol–water partition coefficient (Wildman–Crippen LogP) is 1.82. The summed E-state index contributed by atoms with van der Waals surface area (Å²) in [6, 6.07) is 3.98. The van der Waals surface area contributed by atoms with E-state index in [1.165, 1.54) is 6.39 Å². The average molecular weight is 239 g/mol. The lowest BCUT2D eigenvalue weighted by atomic mass is 10.4. The monoisotopic (exact) mass is 239 g/mol. The summed E-state index contributed by atoms with van der Waals surface area (Å²) in [6.45, 7) is 1.25. The molecule has 16 heavy (non-hydrogen) atoms. The maximum absolute atomic E-state index is 5.60. The van der Waals surface area contributed by atoms with Crippen LogP contribution in [0.4, 0.5) is 0 Å². The highest BCUT2D eigenvalue weighted by Gasteiger charge is 2.02. The molecular formula is C10H13N3O2S. The van der Waals surface area contributed by atoms with Gasteiger partial charge in [-0.15, -0.1) is 0 Å². The van der Waals surface area contributed by atoms with Crippen LogP contribution in [-0.4, -0.2) is 16.4 Å². The first-order chi connectivity index (χ1) is 7.88. The van der Waals surface area contributed by atoms with E-state index in [0.29, 0.717) is 18.9 Å². The fourth-order valence-electron chi connectivity index (χ4n) is 1.30. The Hall–Kier alpha value is -1.27. The van der Waals surface area contributed by atoms with Crippen LogP contribution in [0.15, 0.2) is 27.5 Å². The number of rotatable bonds is 6. The van der Waals surface area contributed by atoms with Crippen molar-refractivity contribution in [2.24, 2.45) is 0 Å². The predicted molar refractivity (Wildman–Crippen MR) is 60.8 cm³/mol. The van der Waals surface area contributed by atoms with E-state index in [4.69, 9.17) is 4.42 Å². The minimum atomic E-state index is 0.578. The summed E-state index contributed by atoms with van der Waals surface area (Å²) in [5.74, 6) is 3.48. The van der Waals surface area contributed by atoms with Gasteiger partial charge in [0.25, 0.3) is 0 Å². The molecule has 86 valence electrons. The summed E-state index contributed by atoms with van der Waals surface area (Å²) in [6.07, 6.45) is 3.37. The highest BCUT2D eigenvalue weighted by Crippen LogP contribution is 2.13. The number of furan rings is 1. The van der Waals surface area contributed by atoms with E-state index in [0.717, 1.165) is 17.3 Å². The molecular weight excluding hydrogens is 226 g/mol. The van der Waals surface area contributed by atoms with Crippen LogP contribution in [0.5, 0.6) is 0 Å². The van der Waals surface area contributed by atoms with Crippen LogP contribution < -0.4 is 5.32 Å². The molecule has 0 aliphatic rings. The minimum absolute atomic E-state index is 0.578. The Morgan fingerprint density at radius 2 is 2.19 bits per heavy atom. The van der Waals surface area contributed by atoms with Crippen LogP contribution in [0, 0.1) is 0 Å². The van der Waals surface area contributed by atoms with Gasteiger partial charge < -0.3 is 14.3 Å². The van der Waals surface area contributed by atoms with Gasteiger partial charge in [-0.05, 0) is 18.4 Å². The Labute approximate surface area is 97.6 Å². The van der Waals surface area contributed by atoms with Gasteiger partial charge in [-0.3, -0.25) is 0 Å². The molecule has 0 saturated heterocycles. The second kappa shape index (κ2) is 5.72. The third kappa shape index (κ3) is 3.11. The SMILES string of the molecule is CSCc1ccc(CNCc2ncon2)o1. The van der Waals surface area contributed by atoms with Gasteiger partial charge in [0.15, 0.2) is 5.82 Å². The van der Waals surface area contributed by atoms with Crippen LogP contribution in [0.1, 0.15) is 17.3 Å². The fourth-order valence-corrected chi connectivity index (χ4v) is 1.74. The molecule has 5 nitrogen and oxygen atoms in total. The lowest BCUT2D eigenvalue weighted by Crippen LogP contribution is -2.13. The van der Waals surface area contributed by atoms with Gasteiger partial charge in [-0.25, -0.2) is 0 Å². The number of hydrogen-bond donors (Lipinski definition) is 1. The molecule has 2 heterocycles. The van der Waals surface area contributed by atoms with E-state index in [9.17, 15) is 0 Å². The average Bonchev–Trinajstić information content (AvgIpc) is 2.90. The summed E-state index contributed by atoms with van der Waals surface area (Å²) >= 11 is 1.74. The van der Waals surface area contributed by atoms with Crippen molar-refractivity contribution in [3.63, 3.8) is 0 Å². The number of thioether (sulfide) groups is 1. The Kier molecular flexibility index (Phi) is 4.01.